The van der Waals surface area contributed by atoms with E-state index in [2.05, 4.69) is 52.5 Å². The molecule has 0 bridgehead atoms. The van der Waals surface area contributed by atoms with Crippen LogP contribution in [0.2, 0.25) is 0 Å². The highest BCUT2D eigenvalue weighted by Gasteiger charge is 2.34. The van der Waals surface area contributed by atoms with Crippen molar-refractivity contribution >= 4 is 11.1 Å². The van der Waals surface area contributed by atoms with E-state index >= 15 is 0 Å². The summed E-state index contributed by atoms with van der Waals surface area (Å²) in [6, 6.07) is 0.721. The lowest BCUT2D eigenvalue weighted by molar-refractivity contribution is 0.336. The molecule has 0 aromatic rings. The molecule has 0 aromatic heterocycles. The summed E-state index contributed by atoms with van der Waals surface area (Å²) in [6.45, 7) is 14.0. The molecule has 110 valence electrons. The zero-order valence-electron chi connectivity index (χ0n) is 13.8. The summed E-state index contributed by atoms with van der Waals surface area (Å²) in [4.78, 5) is 0. The first-order valence-corrected chi connectivity index (χ1v) is 9.42. The summed E-state index contributed by atoms with van der Waals surface area (Å²) in [5.41, 5.74) is 0. The van der Waals surface area contributed by atoms with Crippen LogP contribution in [0.15, 0.2) is 0 Å². The van der Waals surface area contributed by atoms with E-state index in [0.29, 0.717) is 15.8 Å². The number of hydrogen-bond donors (Lipinski definition) is 1. The maximum Gasteiger partial charge on any atom is 0.138 e. The summed E-state index contributed by atoms with van der Waals surface area (Å²) in [5, 5.41) is 0. The molecular weight excluding hydrogens is 238 g/mol. The van der Waals surface area contributed by atoms with Crippen LogP contribution in [0, 0.1) is 5.92 Å². The van der Waals surface area contributed by atoms with Crippen molar-refractivity contribution in [3.05, 3.63) is 0 Å². The Morgan fingerprint density at radius 3 is 2.00 bits per heavy atom. The monoisotopic (exact) mass is 274 g/mol. The summed E-state index contributed by atoms with van der Waals surface area (Å²) < 4.78 is 4.33. The van der Waals surface area contributed by atoms with Gasteiger partial charge in [0.1, 0.15) is 11.0 Å². The van der Waals surface area contributed by atoms with E-state index in [0.717, 1.165) is 12.0 Å². The van der Waals surface area contributed by atoms with Gasteiger partial charge in [0.25, 0.3) is 0 Å². The molecule has 18 heavy (non-hydrogen) atoms. The second-order valence-electron chi connectivity index (χ2n) is 6.45. The van der Waals surface area contributed by atoms with Crippen LogP contribution in [0.25, 0.3) is 0 Å². The molecular formula is C16H36NS+. The van der Waals surface area contributed by atoms with Crippen LogP contribution in [-0.2, 0) is 11.1 Å². The molecule has 2 heteroatoms. The molecule has 0 radical (unpaired) electrons. The molecule has 0 rings (SSSR count). The van der Waals surface area contributed by atoms with Crippen molar-refractivity contribution in [3.63, 3.8) is 0 Å². The highest BCUT2D eigenvalue weighted by molar-refractivity contribution is 7.95. The van der Waals surface area contributed by atoms with Crippen molar-refractivity contribution in [2.24, 2.45) is 5.92 Å². The Hall–Kier alpha value is 0.310. The van der Waals surface area contributed by atoms with Gasteiger partial charge in [-0.05, 0) is 39.5 Å². The molecule has 0 aromatic carbocycles. The fourth-order valence-corrected chi connectivity index (χ4v) is 3.38. The number of unbranched alkanes of at least 4 members (excludes halogenated alkanes) is 1. The number of rotatable bonds is 9. The fraction of sp³-hybridized carbons (Fsp3) is 1.00. The van der Waals surface area contributed by atoms with Gasteiger partial charge in [-0.2, -0.15) is 0 Å². The summed E-state index contributed by atoms with van der Waals surface area (Å²) in [7, 11) is 0. The van der Waals surface area contributed by atoms with Gasteiger partial charge in [-0.15, -0.1) is 4.72 Å². The molecule has 3 atom stereocenters. The lowest BCUT2D eigenvalue weighted by atomic mass is 9.89. The van der Waals surface area contributed by atoms with Crippen molar-refractivity contribution in [2.45, 2.75) is 90.9 Å². The smallest absolute Gasteiger partial charge is 0.135 e. The van der Waals surface area contributed by atoms with E-state index in [9.17, 15) is 0 Å². The predicted molar refractivity (Wildman–Crippen MR) is 88.2 cm³/mol. The zero-order chi connectivity index (χ0) is 14.2. The molecule has 0 aliphatic rings. The van der Waals surface area contributed by atoms with Gasteiger partial charge >= 0.3 is 0 Å². The van der Waals surface area contributed by atoms with E-state index in [1.807, 2.05) is 0 Å². The Morgan fingerprint density at radius 2 is 1.61 bits per heavy atom. The SMILES string of the molecule is CCCCC(CC)C(CCC)N[S+](C)C(C)(C)C. The van der Waals surface area contributed by atoms with Gasteiger partial charge < -0.3 is 0 Å². The third kappa shape index (κ3) is 7.04. The van der Waals surface area contributed by atoms with E-state index in [1.165, 1.54) is 38.5 Å². The number of hydrogen-bond acceptors (Lipinski definition) is 1. The standard InChI is InChI=1S/C16H36NS/c1-8-11-13-14(10-3)15(12-9-2)17-18(7)16(4,5)6/h14-15,17H,8-13H2,1-7H3/q+1. The Kier molecular flexibility index (Phi) is 9.41. The van der Waals surface area contributed by atoms with Crippen LogP contribution in [0.3, 0.4) is 0 Å². The second kappa shape index (κ2) is 9.25. The van der Waals surface area contributed by atoms with Crippen LogP contribution in [0.4, 0.5) is 0 Å². The first kappa shape index (κ1) is 18.3. The molecule has 0 heterocycles. The van der Waals surface area contributed by atoms with Gasteiger partial charge in [-0.25, -0.2) is 0 Å². The van der Waals surface area contributed by atoms with Crippen LogP contribution in [0.1, 0.15) is 80.1 Å². The molecule has 0 amide bonds. The Bertz CT molecular complexity index is 198. The van der Waals surface area contributed by atoms with Crippen LogP contribution >= 0.6 is 0 Å². The largest absolute Gasteiger partial charge is 0.138 e. The molecule has 0 saturated carbocycles. The molecule has 0 aliphatic carbocycles. The maximum absolute atomic E-state index is 3.95. The fourth-order valence-electron chi connectivity index (χ4n) is 2.26. The minimum atomic E-state index is 0.303. The average Bonchev–Trinajstić information content (AvgIpc) is 2.28. The van der Waals surface area contributed by atoms with E-state index < -0.39 is 0 Å². The van der Waals surface area contributed by atoms with Gasteiger partial charge in [-0.1, -0.05) is 46.5 Å². The normalized spacial score (nSPS) is 17.5. The van der Waals surface area contributed by atoms with E-state index in [4.69, 9.17) is 0 Å². The summed E-state index contributed by atoms with van der Waals surface area (Å²) in [5.74, 6) is 0.863. The Balaban J connectivity index is 4.51. The average molecular weight is 275 g/mol. The molecule has 0 aliphatic heterocycles. The quantitative estimate of drug-likeness (QED) is 0.588. The highest BCUT2D eigenvalue weighted by atomic mass is 32.2. The topological polar surface area (TPSA) is 12.0 Å². The third-order valence-corrected chi connectivity index (χ3v) is 6.36. The van der Waals surface area contributed by atoms with Crippen LogP contribution in [0.5, 0.6) is 0 Å². The molecule has 1 N–H and O–H groups in total. The second-order valence-corrected chi connectivity index (χ2v) is 8.93. The first-order valence-electron chi connectivity index (χ1n) is 7.78. The van der Waals surface area contributed by atoms with E-state index in [-0.39, 0.29) is 0 Å². The van der Waals surface area contributed by atoms with Gasteiger partial charge in [0.05, 0.1) is 17.1 Å². The van der Waals surface area contributed by atoms with Crippen molar-refractivity contribution < 1.29 is 0 Å². The van der Waals surface area contributed by atoms with Gasteiger partial charge in [0.2, 0.25) is 0 Å². The van der Waals surface area contributed by atoms with Crippen molar-refractivity contribution in [2.75, 3.05) is 6.26 Å². The Morgan fingerprint density at radius 1 is 1.00 bits per heavy atom. The van der Waals surface area contributed by atoms with Crippen LogP contribution in [-0.4, -0.2) is 17.0 Å². The lowest BCUT2D eigenvalue weighted by Crippen LogP contribution is -2.47. The van der Waals surface area contributed by atoms with Gasteiger partial charge in [0.15, 0.2) is 0 Å². The van der Waals surface area contributed by atoms with Gasteiger partial charge in [0, 0.05) is 0 Å². The lowest BCUT2D eigenvalue weighted by Gasteiger charge is -2.29. The highest BCUT2D eigenvalue weighted by Crippen LogP contribution is 2.23. The van der Waals surface area contributed by atoms with Crippen molar-refractivity contribution in [1.29, 1.82) is 0 Å². The third-order valence-electron chi connectivity index (χ3n) is 3.87. The van der Waals surface area contributed by atoms with Crippen molar-refractivity contribution in [1.82, 2.24) is 4.72 Å². The van der Waals surface area contributed by atoms with Crippen LogP contribution < -0.4 is 4.72 Å². The molecule has 0 spiro atoms. The Labute approximate surface area is 119 Å². The predicted octanol–water partition coefficient (Wildman–Crippen LogP) is 4.92. The molecule has 0 saturated heterocycles. The summed E-state index contributed by atoms with van der Waals surface area (Å²) in [6.07, 6.45) is 10.4. The number of nitrogens with one attached hydrogen (secondary N) is 1. The molecule has 0 fully saturated rings. The molecule has 1 nitrogen and oxygen atoms in total. The molecule has 3 unspecified atom stereocenters. The van der Waals surface area contributed by atoms with E-state index in [1.54, 1.807) is 0 Å². The zero-order valence-corrected chi connectivity index (χ0v) is 14.6. The first-order chi connectivity index (χ1) is 8.36. The summed E-state index contributed by atoms with van der Waals surface area (Å²) >= 11 is 0.303. The maximum atomic E-state index is 3.95. The van der Waals surface area contributed by atoms with Gasteiger partial charge in [-0.3, -0.25) is 0 Å². The minimum Gasteiger partial charge on any atom is -0.135 e. The minimum absolute atomic E-state index is 0.303. The van der Waals surface area contributed by atoms with Crippen molar-refractivity contribution in [3.8, 4) is 0 Å².